The number of morpholine rings is 1. The van der Waals surface area contributed by atoms with Gasteiger partial charge in [-0.2, -0.15) is 0 Å². The number of hydrogen-bond donors (Lipinski definition) is 1. The van der Waals surface area contributed by atoms with Crippen molar-refractivity contribution >= 4 is 38.4 Å². The molecule has 0 atom stereocenters. The predicted molar refractivity (Wildman–Crippen MR) is 124 cm³/mol. The topological polar surface area (TPSA) is 70.2 Å². The van der Waals surface area contributed by atoms with Crippen LogP contribution in [0.4, 0.5) is 10.2 Å². The lowest BCUT2D eigenvalue weighted by Crippen LogP contribution is -2.36. The normalized spacial score (nSPS) is 18.1. The van der Waals surface area contributed by atoms with Crippen LogP contribution in [0.3, 0.4) is 0 Å². The molecule has 0 bridgehead atoms. The molecule has 0 saturated carbocycles. The maximum absolute atomic E-state index is 15.0. The van der Waals surface area contributed by atoms with Gasteiger partial charge in [0.05, 0.1) is 25.3 Å². The Bertz CT molecular complexity index is 1260. The summed E-state index contributed by atoms with van der Waals surface area (Å²) < 4.78 is 21.5. The minimum Gasteiger partial charge on any atom is -0.378 e. The summed E-state index contributed by atoms with van der Waals surface area (Å²) in [7, 11) is 0. The standard InChI is InChI=1S/C23H24FN6OS/c24-16-4-5-17-15(6-7-25-17)19(16)21-27-22-20(23(28-21)30-10-12-31-13-11-30)32-18(26-22)14-29-8-2-1-3-9-29/h1,4-7,25H,2-3,8-14H2. The number of halogens is 1. The van der Waals surface area contributed by atoms with E-state index in [4.69, 9.17) is 19.7 Å². The summed E-state index contributed by atoms with van der Waals surface area (Å²) in [6.07, 6.45) is 6.40. The number of anilines is 1. The van der Waals surface area contributed by atoms with Gasteiger partial charge in [0, 0.05) is 30.2 Å². The Kier molecular flexibility index (Phi) is 5.24. The maximum atomic E-state index is 15.0. The van der Waals surface area contributed by atoms with E-state index in [9.17, 15) is 0 Å². The monoisotopic (exact) mass is 451 g/mol. The number of likely N-dealkylation sites (tertiary alicyclic amines) is 1. The second-order valence-electron chi connectivity index (χ2n) is 8.23. The Labute approximate surface area is 189 Å². The molecule has 1 aromatic carbocycles. The lowest BCUT2D eigenvalue weighted by Gasteiger charge is -2.28. The van der Waals surface area contributed by atoms with E-state index in [-0.39, 0.29) is 5.82 Å². The highest BCUT2D eigenvalue weighted by Crippen LogP contribution is 2.36. The zero-order valence-electron chi connectivity index (χ0n) is 17.7. The van der Waals surface area contributed by atoms with Crippen molar-refractivity contribution in [2.24, 2.45) is 0 Å². The predicted octanol–water partition coefficient (Wildman–Crippen LogP) is 4.01. The van der Waals surface area contributed by atoms with Crippen LogP contribution in [-0.4, -0.2) is 64.2 Å². The number of thiazole rings is 1. The fourth-order valence-corrected chi connectivity index (χ4v) is 5.57. The quantitative estimate of drug-likeness (QED) is 0.506. The van der Waals surface area contributed by atoms with E-state index in [0.717, 1.165) is 72.0 Å². The molecule has 2 aliphatic heterocycles. The van der Waals surface area contributed by atoms with Gasteiger partial charge in [-0.15, -0.1) is 11.3 Å². The number of H-pyrrole nitrogens is 1. The lowest BCUT2D eigenvalue weighted by atomic mass is 10.1. The van der Waals surface area contributed by atoms with Crippen LogP contribution in [0.2, 0.25) is 0 Å². The van der Waals surface area contributed by atoms with Crippen molar-refractivity contribution in [2.45, 2.75) is 19.4 Å². The summed E-state index contributed by atoms with van der Waals surface area (Å²) in [5.41, 5.74) is 1.92. The molecule has 2 fully saturated rings. The van der Waals surface area contributed by atoms with Gasteiger partial charge in [0.25, 0.3) is 0 Å². The van der Waals surface area contributed by atoms with E-state index in [1.807, 2.05) is 12.3 Å². The van der Waals surface area contributed by atoms with Crippen molar-refractivity contribution in [3.05, 3.63) is 41.6 Å². The van der Waals surface area contributed by atoms with Crippen LogP contribution < -0.4 is 4.90 Å². The molecule has 6 rings (SSSR count). The molecule has 0 unspecified atom stereocenters. The summed E-state index contributed by atoms with van der Waals surface area (Å²) in [6.45, 7) is 5.73. The summed E-state index contributed by atoms with van der Waals surface area (Å²) in [6, 6.07) is 5.08. The molecular formula is C23H24FN6OS. The van der Waals surface area contributed by atoms with E-state index in [1.165, 1.54) is 6.07 Å². The third kappa shape index (κ3) is 3.64. The Balaban J connectivity index is 1.48. The molecule has 9 heteroatoms. The first-order chi connectivity index (χ1) is 15.8. The zero-order chi connectivity index (χ0) is 21.5. The Morgan fingerprint density at radius 3 is 2.72 bits per heavy atom. The van der Waals surface area contributed by atoms with Gasteiger partial charge >= 0.3 is 0 Å². The largest absolute Gasteiger partial charge is 0.378 e. The van der Waals surface area contributed by atoms with Crippen molar-refractivity contribution in [2.75, 3.05) is 44.3 Å². The van der Waals surface area contributed by atoms with Gasteiger partial charge < -0.3 is 14.6 Å². The summed E-state index contributed by atoms with van der Waals surface area (Å²) in [5, 5.41) is 1.81. The lowest BCUT2D eigenvalue weighted by molar-refractivity contribution is 0.122. The van der Waals surface area contributed by atoms with Crippen LogP contribution in [0, 0.1) is 12.2 Å². The SMILES string of the molecule is Fc1ccc2[nH]ccc2c1-c1nc(N2CCOCC2)c2sc(CN3CC[CH]CC3)nc2n1. The van der Waals surface area contributed by atoms with Crippen LogP contribution in [-0.2, 0) is 11.3 Å². The first-order valence-corrected chi connectivity index (χ1v) is 11.9. The molecule has 7 nitrogen and oxygen atoms in total. The minimum atomic E-state index is -0.329. The number of rotatable bonds is 4. The molecular weight excluding hydrogens is 427 g/mol. The Morgan fingerprint density at radius 1 is 1.03 bits per heavy atom. The summed E-state index contributed by atoms with van der Waals surface area (Å²) in [5.74, 6) is 0.881. The molecule has 4 aromatic rings. The number of nitrogens with zero attached hydrogens (tertiary/aromatic N) is 5. The zero-order valence-corrected chi connectivity index (χ0v) is 18.5. The van der Waals surface area contributed by atoms with Crippen LogP contribution in [0.5, 0.6) is 0 Å². The van der Waals surface area contributed by atoms with Crippen molar-refractivity contribution in [3.8, 4) is 11.4 Å². The number of fused-ring (bicyclic) bond motifs is 2. The average Bonchev–Trinajstić information content (AvgIpc) is 3.46. The minimum absolute atomic E-state index is 0.329. The van der Waals surface area contributed by atoms with E-state index in [2.05, 4.69) is 21.2 Å². The first-order valence-electron chi connectivity index (χ1n) is 11.1. The molecule has 0 amide bonds. The van der Waals surface area contributed by atoms with E-state index >= 15 is 4.39 Å². The van der Waals surface area contributed by atoms with Crippen LogP contribution in [0.1, 0.15) is 17.8 Å². The van der Waals surface area contributed by atoms with Crippen molar-refractivity contribution in [1.82, 2.24) is 24.8 Å². The number of aromatic nitrogens is 4. The highest BCUT2D eigenvalue weighted by atomic mass is 32.1. The second-order valence-corrected chi connectivity index (χ2v) is 9.32. The van der Waals surface area contributed by atoms with Crippen molar-refractivity contribution in [3.63, 3.8) is 0 Å². The molecule has 0 aliphatic carbocycles. The third-order valence-electron chi connectivity index (χ3n) is 6.16. The average molecular weight is 452 g/mol. The van der Waals surface area contributed by atoms with Gasteiger partial charge in [0.1, 0.15) is 15.5 Å². The van der Waals surface area contributed by atoms with E-state index in [0.29, 0.717) is 30.2 Å². The number of ether oxygens (including phenoxy) is 1. The Morgan fingerprint density at radius 2 is 1.88 bits per heavy atom. The molecule has 1 radical (unpaired) electrons. The van der Waals surface area contributed by atoms with Gasteiger partial charge in [-0.05, 0) is 50.6 Å². The number of aromatic amines is 1. The van der Waals surface area contributed by atoms with Crippen LogP contribution >= 0.6 is 11.3 Å². The van der Waals surface area contributed by atoms with Gasteiger partial charge in [0.15, 0.2) is 17.3 Å². The van der Waals surface area contributed by atoms with E-state index < -0.39 is 0 Å². The molecule has 0 spiro atoms. The highest BCUT2D eigenvalue weighted by Gasteiger charge is 2.24. The summed E-state index contributed by atoms with van der Waals surface area (Å²) >= 11 is 1.65. The van der Waals surface area contributed by atoms with Gasteiger partial charge in [-0.3, -0.25) is 4.90 Å². The first kappa shape index (κ1) is 20.0. The molecule has 5 heterocycles. The van der Waals surface area contributed by atoms with Crippen molar-refractivity contribution < 1.29 is 9.13 Å². The van der Waals surface area contributed by atoms with Crippen LogP contribution in [0.25, 0.3) is 32.6 Å². The van der Waals surface area contributed by atoms with E-state index in [1.54, 1.807) is 17.4 Å². The van der Waals surface area contributed by atoms with Crippen molar-refractivity contribution in [1.29, 1.82) is 0 Å². The second kappa shape index (κ2) is 8.38. The molecule has 165 valence electrons. The number of nitrogens with one attached hydrogen (secondary N) is 1. The number of piperidine rings is 1. The van der Waals surface area contributed by atoms with Gasteiger partial charge in [-0.1, -0.05) is 0 Å². The van der Waals surface area contributed by atoms with Crippen LogP contribution in [0.15, 0.2) is 24.4 Å². The molecule has 3 aromatic heterocycles. The fourth-order valence-electron chi connectivity index (χ4n) is 4.51. The van der Waals surface area contributed by atoms with Gasteiger partial charge in [-0.25, -0.2) is 19.3 Å². The molecule has 32 heavy (non-hydrogen) atoms. The third-order valence-corrected chi connectivity index (χ3v) is 7.18. The fraction of sp³-hybridized carbons (Fsp3) is 0.391. The van der Waals surface area contributed by atoms with Gasteiger partial charge in [0.2, 0.25) is 0 Å². The Hall–Kier alpha value is -2.62. The molecule has 2 saturated heterocycles. The molecule has 1 N–H and O–H groups in total. The summed E-state index contributed by atoms with van der Waals surface area (Å²) in [4.78, 5) is 22.3. The highest BCUT2D eigenvalue weighted by molar-refractivity contribution is 7.19. The number of benzene rings is 1. The molecule has 2 aliphatic rings. The maximum Gasteiger partial charge on any atom is 0.176 e. The smallest absolute Gasteiger partial charge is 0.176 e. The number of hydrogen-bond acceptors (Lipinski definition) is 7.